The molecule has 1 atom stereocenters. The largest absolute Gasteiger partial charge is 0.497 e. The molecule has 2 aromatic carbocycles. The van der Waals surface area contributed by atoms with Crippen LogP contribution in [0.4, 0.5) is 5.69 Å². The Bertz CT molecular complexity index is 530. The normalized spacial score (nSPS) is 11.9. The molecule has 2 aromatic rings. The Morgan fingerprint density at radius 3 is 2.50 bits per heavy atom. The van der Waals surface area contributed by atoms with Gasteiger partial charge in [-0.2, -0.15) is 12.6 Å². The zero-order chi connectivity index (χ0) is 14.4. The second-order valence-electron chi connectivity index (χ2n) is 4.87. The van der Waals surface area contributed by atoms with Gasteiger partial charge in [0, 0.05) is 31.3 Å². The van der Waals surface area contributed by atoms with Gasteiger partial charge in [0.2, 0.25) is 0 Å². The van der Waals surface area contributed by atoms with Crippen LogP contribution in [0, 0.1) is 0 Å². The van der Waals surface area contributed by atoms with E-state index in [-0.39, 0.29) is 0 Å². The minimum atomic E-state index is 0.413. The van der Waals surface area contributed by atoms with Crippen LogP contribution < -0.4 is 9.64 Å². The molecule has 106 valence electrons. The molecule has 0 heterocycles. The maximum absolute atomic E-state index is 5.28. The predicted octanol–water partition coefficient (Wildman–Crippen LogP) is 3.85. The van der Waals surface area contributed by atoms with Crippen LogP contribution in [0.2, 0.25) is 0 Å². The number of thiol groups is 1. The van der Waals surface area contributed by atoms with E-state index in [1.54, 1.807) is 7.11 Å². The van der Waals surface area contributed by atoms with Crippen molar-refractivity contribution in [3.8, 4) is 5.75 Å². The Balaban J connectivity index is 2.11. The van der Waals surface area contributed by atoms with Crippen LogP contribution in [0.1, 0.15) is 11.5 Å². The van der Waals surface area contributed by atoms with E-state index in [4.69, 9.17) is 4.74 Å². The molecule has 0 bridgehead atoms. The first-order valence-corrected chi connectivity index (χ1v) is 7.39. The predicted molar refractivity (Wildman–Crippen MR) is 89.3 cm³/mol. The molecule has 3 heteroatoms. The highest BCUT2D eigenvalue weighted by atomic mass is 32.1. The van der Waals surface area contributed by atoms with Crippen LogP contribution in [-0.2, 0) is 0 Å². The summed E-state index contributed by atoms with van der Waals surface area (Å²) in [6, 6.07) is 18.7. The second kappa shape index (κ2) is 7.25. The summed E-state index contributed by atoms with van der Waals surface area (Å²) >= 11 is 4.50. The maximum atomic E-state index is 5.28. The van der Waals surface area contributed by atoms with E-state index >= 15 is 0 Å². The number of hydrogen-bond donors (Lipinski definition) is 1. The van der Waals surface area contributed by atoms with Gasteiger partial charge in [-0.25, -0.2) is 0 Å². The standard InChI is InChI=1S/C17H21NOS/c1-18(16-9-6-10-17(11-16)19-2)12-15(13-20)14-7-4-3-5-8-14/h3-11,15,20H,12-13H2,1-2H3. The fraction of sp³-hybridized carbons (Fsp3) is 0.294. The van der Waals surface area contributed by atoms with E-state index in [0.29, 0.717) is 5.92 Å². The Hall–Kier alpha value is -1.61. The summed E-state index contributed by atoms with van der Waals surface area (Å²) in [5.74, 6) is 2.13. The quantitative estimate of drug-likeness (QED) is 0.810. The van der Waals surface area contributed by atoms with E-state index in [1.165, 1.54) is 5.56 Å². The van der Waals surface area contributed by atoms with E-state index in [1.807, 2.05) is 18.2 Å². The van der Waals surface area contributed by atoms with Crippen LogP contribution in [0.15, 0.2) is 54.6 Å². The van der Waals surface area contributed by atoms with E-state index in [0.717, 1.165) is 23.7 Å². The van der Waals surface area contributed by atoms with Gasteiger partial charge in [-0.1, -0.05) is 36.4 Å². The van der Waals surface area contributed by atoms with Gasteiger partial charge >= 0.3 is 0 Å². The summed E-state index contributed by atoms with van der Waals surface area (Å²) in [7, 11) is 3.80. The number of methoxy groups -OCH3 is 1. The number of nitrogens with zero attached hydrogens (tertiary/aromatic N) is 1. The lowest BCUT2D eigenvalue weighted by molar-refractivity contribution is 0.415. The smallest absolute Gasteiger partial charge is 0.120 e. The fourth-order valence-electron chi connectivity index (χ4n) is 2.28. The van der Waals surface area contributed by atoms with Crippen LogP contribution >= 0.6 is 12.6 Å². The van der Waals surface area contributed by atoms with E-state index in [2.05, 4.69) is 61.0 Å². The number of likely N-dealkylation sites (N-methyl/N-ethyl adjacent to an activating group) is 1. The third kappa shape index (κ3) is 3.70. The summed E-state index contributed by atoms with van der Waals surface area (Å²) < 4.78 is 5.28. The molecule has 0 saturated heterocycles. The molecule has 0 amide bonds. The SMILES string of the molecule is COc1cccc(N(C)CC(CS)c2ccccc2)c1. The Labute approximate surface area is 126 Å². The minimum absolute atomic E-state index is 0.413. The van der Waals surface area contributed by atoms with Crippen LogP contribution in [0.25, 0.3) is 0 Å². The fourth-order valence-corrected chi connectivity index (χ4v) is 2.60. The highest BCUT2D eigenvalue weighted by Gasteiger charge is 2.13. The lowest BCUT2D eigenvalue weighted by Crippen LogP contribution is -2.25. The molecule has 0 saturated carbocycles. The van der Waals surface area contributed by atoms with Crippen molar-refractivity contribution in [1.29, 1.82) is 0 Å². The van der Waals surface area contributed by atoms with E-state index < -0.39 is 0 Å². The molecule has 0 aromatic heterocycles. The first kappa shape index (κ1) is 14.8. The van der Waals surface area contributed by atoms with Gasteiger partial charge in [0.25, 0.3) is 0 Å². The van der Waals surface area contributed by atoms with Gasteiger partial charge < -0.3 is 9.64 Å². The minimum Gasteiger partial charge on any atom is -0.497 e. The van der Waals surface area contributed by atoms with Gasteiger partial charge in [-0.15, -0.1) is 0 Å². The van der Waals surface area contributed by atoms with Crippen LogP contribution in [0.5, 0.6) is 5.75 Å². The summed E-state index contributed by atoms with van der Waals surface area (Å²) in [5.41, 5.74) is 2.49. The Morgan fingerprint density at radius 2 is 1.85 bits per heavy atom. The molecule has 0 fully saturated rings. The highest BCUT2D eigenvalue weighted by molar-refractivity contribution is 7.80. The lowest BCUT2D eigenvalue weighted by Gasteiger charge is -2.25. The molecule has 2 nitrogen and oxygen atoms in total. The second-order valence-corrected chi connectivity index (χ2v) is 5.24. The molecule has 0 N–H and O–H groups in total. The molecule has 0 spiro atoms. The maximum Gasteiger partial charge on any atom is 0.120 e. The summed E-state index contributed by atoms with van der Waals surface area (Å²) in [6.45, 7) is 0.931. The molecular formula is C17H21NOS. The zero-order valence-electron chi connectivity index (χ0n) is 12.0. The van der Waals surface area contributed by atoms with Gasteiger partial charge in [-0.05, 0) is 23.4 Å². The zero-order valence-corrected chi connectivity index (χ0v) is 12.9. The Morgan fingerprint density at radius 1 is 1.10 bits per heavy atom. The first-order valence-electron chi connectivity index (χ1n) is 6.75. The molecule has 0 aliphatic heterocycles. The van der Waals surface area contributed by atoms with Crippen molar-refractivity contribution < 1.29 is 4.74 Å². The van der Waals surface area contributed by atoms with Crippen molar-refractivity contribution in [2.24, 2.45) is 0 Å². The van der Waals surface area contributed by atoms with Gasteiger partial charge in [0.1, 0.15) is 5.75 Å². The average Bonchev–Trinajstić information content (AvgIpc) is 2.53. The van der Waals surface area contributed by atoms with Crippen molar-refractivity contribution >= 4 is 18.3 Å². The van der Waals surface area contributed by atoms with E-state index in [9.17, 15) is 0 Å². The topological polar surface area (TPSA) is 12.5 Å². The average molecular weight is 287 g/mol. The van der Waals surface area contributed by atoms with Crippen molar-refractivity contribution in [3.05, 3.63) is 60.2 Å². The number of benzene rings is 2. The summed E-state index contributed by atoms with van der Waals surface area (Å²) in [4.78, 5) is 2.25. The molecule has 1 unspecified atom stereocenters. The molecule has 2 rings (SSSR count). The van der Waals surface area contributed by atoms with Crippen molar-refractivity contribution in [2.45, 2.75) is 5.92 Å². The summed E-state index contributed by atoms with van der Waals surface area (Å²) in [5, 5.41) is 0. The third-order valence-corrected chi connectivity index (χ3v) is 3.92. The Kier molecular flexibility index (Phi) is 5.36. The molecule has 0 aliphatic rings. The van der Waals surface area contributed by atoms with Crippen LogP contribution in [-0.4, -0.2) is 26.5 Å². The number of anilines is 1. The monoisotopic (exact) mass is 287 g/mol. The van der Waals surface area contributed by atoms with Gasteiger partial charge in [-0.3, -0.25) is 0 Å². The molecule has 20 heavy (non-hydrogen) atoms. The number of hydrogen-bond acceptors (Lipinski definition) is 3. The van der Waals surface area contributed by atoms with Gasteiger partial charge in [0.05, 0.1) is 7.11 Å². The van der Waals surface area contributed by atoms with Gasteiger partial charge in [0.15, 0.2) is 0 Å². The summed E-state index contributed by atoms with van der Waals surface area (Å²) in [6.07, 6.45) is 0. The number of ether oxygens (including phenoxy) is 1. The molecular weight excluding hydrogens is 266 g/mol. The van der Waals surface area contributed by atoms with Crippen LogP contribution in [0.3, 0.4) is 0 Å². The highest BCUT2D eigenvalue weighted by Crippen LogP contribution is 2.24. The molecule has 0 radical (unpaired) electrons. The first-order chi connectivity index (χ1) is 9.74. The van der Waals surface area contributed by atoms with Crippen molar-refractivity contribution in [2.75, 3.05) is 31.4 Å². The third-order valence-electron chi connectivity index (χ3n) is 3.48. The number of rotatable bonds is 6. The molecule has 0 aliphatic carbocycles. The lowest BCUT2D eigenvalue weighted by atomic mass is 10.0. The van der Waals surface area contributed by atoms with Crippen molar-refractivity contribution in [3.63, 3.8) is 0 Å². The van der Waals surface area contributed by atoms with Crippen molar-refractivity contribution in [1.82, 2.24) is 0 Å².